The van der Waals surface area contributed by atoms with Crippen LogP contribution in [-0.2, 0) is 11.2 Å². The molecule has 1 aromatic carbocycles. The SMILES string of the molecule is CC(N)C1CCCN(C(=O)Cc2cc(F)ccc2F)C1. The number of piperidine rings is 1. The number of likely N-dealkylation sites (tertiary alicyclic amines) is 1. The standard InChI is InChI=1S/C15H20F2N2O/c1-10(18)11-3-2-6-19(9-11)15(20)8-12-7-13(16)4-5-14(12)17/h4-5,7,10-11H,2-3,6,8-9,18H2,1H3. The summed E-state index contributed by atoms with van der Waals surface area (Å²) < 4.78 is 26.6. The van der Waals surface area contributed by atoms with Crippen molar-refractivity contribution in [3.8, 4) is 0 Å². The molecule has 0 saturated carbocycles. The van der Waals surface area contributed by atoms with Gasteiger partial charge in [0, 0.05) is 24.7 Å². The summed E-state index contributed by atoms with van der Waals surface area (Å²) in [4.78, 5) is 13.9. The zero-order valence-corrected chi connectivity index (χ0v) is 11.6. The van der Waals surface area contributed by atoms with E-state index < -0.39 is 11.6 Å². The summed E-state index contributed by atoms with van der Waals surface area (Å²) in [6.45, 7) is 3.21. The summed E-state index contributed by atoms with van der Waals surface area (Å²) in [6, 6.07) is 3.23. The second kappa shape index (κ2) is 6.31. The van der Waals surface area contributed by atoms with Gasteiger partial charge < -0.3 is 10.6 Å². The Morgan fingerprint density at radius 1 is 1.50 bits per heavy atom. The maximum atomic E-state index is 13.5. The molecule has 2 rings (SSSR count). The van der Waals surface area contributed by atoms with Gasteiger partial charge in [-0.3, -0.25) is 4.79 Å². The fourth-order valence-corrected chi connectivity index (χ4v) is 2.62. The highest BCUT2D eigenvalue weighted by atomic mass is 19.1. The lowest BCUT2D eigenvalue weighted by Gasteiger charge is -2.34. The minimum absolute atomic E-state index is 0.0384. The van der Waals surface area contributed by atoms with Crippen molar-refractivity contribution < 1.29 is 13.6 Å². The maximum Gasteiger partial charge on any atom is 0.227 e. The maximum absolute atomic E-state index is 13.5. The van der Waals surface area contributed by atoms with Crippen LogP contribution in [0.3, 0.4) is 0 Å². The Labute approximate surface area is 117 Å². The quantitative estimate of drug-likeness (QED) is 0.922. The molecule has 20 heavy (non-hydrogen) atoms. The molecule has 2 N–H and O–H groups in total. The zero-order valence-electron chi connectivity index (χ0n) is 11.6. The van der Waals surface area contributed by atoms with Crippen LogP contribution >= 0.6 is 0 Å². The van der Waals surface area contributed by atoms with Crippen molar-refractivity contribution in [1.29, 1.82) is 0 Å². The van der Waals surface area contributed by atoms with Gasteiger partial charge in [0.25, 0.3) is 0 Å². The second-order valence-corrected chi connectivity index (χ2v) is 5.51. The van der Waals surface area contributed by atoms with Crippen LogP contribution in [0.2, 0.25) is 0 Å². The van der Waals surface area contributed by atoms with E-state index in [4.69, 9.17) is 5.73 Å². The second-order valence-electron chi connectivity index (χ2n) is 5.51. The fourth-order valence-electron chi connectivity index (χ4n) is 2.62. The summed E-state index contributed by atoms with van der Waals surface area (Å²) in [6.07, 6.45) is 1.81. The molecule has 1 saturated heterocycles. The number of hydrogen-bond acceptors (Lipinski definition) is 2. The smallest absolute Gasteiger partial charge is 0.227 e. The summed E-state index contributed by atoms with van der Waals surface area (Å²) in [5, 5.41) is 0. The average molecular weight is 282 g/mol. The largest absolute Gasteiger partial charge is 0.342 e. The molecule has 5 heteroatoms. The Morgan fingerprint density at radius 3 is 2.95 bits per heavy atom. The van der Waals surface area contributed by atoms with E-state index in [1.54, 1.807) is 4.90 Å². The normalized spacial score (nSPS) is 20.8. The van der Waals surface area contributed by atoms with Crippen LogP contribution in [0, 0.1) is 17.6 Å². The molecule has 0 radical (unpaired) electrons. The third kappa shape index (κ3) is 3.54. The van der Waals surface area contributed by atoms with Gasteiger partial charge in [0.2, 0.25) is 5.91 Å². The highest BCUT2D eigenvalue weighted by molar-refractivity contribution is 5.79. The van der Waals surface area contributed by atoms with Crippen molar-refractivity contribution in [2.45, 2.75) is 32.2 Å². The van der Waals surface area contributed by atoms with Crippen LogP contribution in [0.5, 0.6) is 0 Å². The summed E-state index contributed by atoms with van der Waals surface area (Å²) in [5.74, 6) is -0.952. The summed E-state index contributed by atoms with van der Waals surface area (Å²) in [7, 11) is 0. The molecule has 1 heterocycles. The monoisotopic (exact) mass is 282 g/mol. The molecular weight excluding hydrogens is 262 g/mol. The van der Waals surface area contributed by atoms with E-state index in [-0.39, 0.29) is 29.9 Å². The Morgan fingerprint density at radius 2 is 2.25 bits per heavy atom. The first-order valence-corrected chi connectivity index (χ1v) is 6.94. The minimum Gasteiger partial charge on any atom is -0.342 e. The van der Waals surface area contributed by atoms with Gasteiger partial charge in [-0.2, -0.15) is 0 Å². The molecule has 1 amide bonds. The van der Waals surface area contributed by atoms with Gasteiger partial charge >= 0.3 is 0 Å². The van der Waals surface area contributed by atoms with Crippen LogP contribution in [0.15, 0.2) is 18.2 Å². The molecule has 110 valence electrons. The fraction of sp³-hybridized carbons (Fsp3) is 0.533. The molecular formula is C15H20F2N2O. The Balaban J connectivity index is 2.02. The van der Waals surface area contributed by atoms with Crippen LogP contribution in [0.1, 0.15) is 25.3 Å². The van der Waals surface area contributed by atoms with E-state index in [1.807, 2.05) is 6.92 Å². The van der Waals surface area contributed by atoms with E-state index in [2.05, 4.69) is 0 Å². The molecule has 0 aliphatic carbocycles. The van der Waals surface area contributed by atoms with Crippen LogP contribution in [0.25, 0.3) is 0 Å². The molecule has 1 aliphatic heterocycles. The third-order valence-corrected chi connectivity index (χ3v) is 3.90. The number of halogens is 2. The molecule has 0 aromatic heterocycles. The number of benzene rings is 1. The molecule has 0 bridgehead atoms. The summed E-state index contributed by atoms with van der Waals surface area (Å²) in [5.41, 5.74) is 5.99. The molecule has 2 atom stereocenters. The summed E-state index contributed by atoms with van der Waals surface area (Å²) >= 11 is 0. The Hall–Kier alpha value is -1.49. The van der Waals surface area contributed by atoms with Crippen LogP contribution in [0.4, 0.5) is 8.78 Å². The number of rotatable bonds is 3. The Bertz CT molecular complexity index is 491. The van der Waals surface area contributed by atoms with Crippen molar-refractivity contribution in [1.82, 2.24) is 4.90 Å². The van der Waals surface area contributed by atoms with Gasteiger partial charge in [0.1, 0.15) is 11.6 Å². The predicted octanol–water partition coefficient (Wildman–Crippen LogP) is 2.09. The van der Waals surface area contributed by atoms with Crippen LogP contribution in [-0.4, -0.2) is 29.9 Å². The highest BCUT2D eigenvalue weighted by Gasteiger charge is 2.26. The topological polar surface area (TPSA) is 46.3 Å². The van der Waals surface area contributed by atoms with E-state index in [0.717, 1.165) is 31.0 Å². The van der Waals surface area contributed by atoms with Gasteiger partial charge in [0.05, 0.1) is 6.42 Å². The Kier molecular flexibility index (Phi) is 4.70. The van der Waals surface area contributed by atoms with Gasteiger partial charge in [-0.15, -0.1) is 0 Å². The lowest BCUT2D eigenvalue weighted by molar-refractivity contribution is -0.132. The number of amides is 1. The van der Waals surface area contributed by atoms with E-state index in [9.17, 15) is 13.6 Å². The number of hydrogen-bond donors (Lipinski definition) is 1. The number of nitrogens with zero attached hydrogens (tertiary/aromatic N) is 1. The van der Waals surface area contributed by atoms with Crippen molar-refractivity contribution in [3.63, 3.8) is 0 Å². The lowest BCUT2D eigenvalue weighted by atomic mass is 9.92. The first-order chi connectivity index (χ1) is 9.47. The molecule has 1 aliphatic rings. The number of carbonyl (C=O) groups excluding carboxylic acids is 1. The first kappa shape index (κ1) is 14.9. The van der Waals surface area contributed by atoms with Gasteiger partial charge in [-0.1, -0.05) is 0 Å². The highest BCUT2D eigenvalue weighted by Crippen LogP contribution is 2.20. The molecule has 1 fully saturated rings. The molecule has 1 aromatic rings. The van der Waals surface area contributed by atoms with E-state index in [0.29, 0.717) is 13.1 Å². The van der Waals surface area contributed by atoms with Crippen molar-refractivity contribution in [2.75, 3.05) is 13.1 Å². The average Bonchev–Trinajstić information content (AvgIpc) is 2.43. The van der Waals surface area contributed by atoms with Gasteiger partial charge in [-0.05, 0) is 43.9 Å². The van der Waals surface area contributed by atoms with Crippen molar-refractivity contribution in [2.24, 2.45) is 11.7 Å². The first-order valence-electron chi connectivity index (χ1n) is 6.94. The van der Waals surface area contributed by atoms with E-state index >= 15 is 0 Å². The predicted molar refractivity (Wildman–Crippen MR) is 73.0 cm³/mol. The molecule has 2 unspecified atom stereocenters. The van der Waals surface area contributed by atoms with Crippen molar-refractivity contribution >= 4 is 5.91 Å². The van der Waals surface area contributed by atoms with E-state index in [1.165, 1.54) is 0 Å². The third-order valence-electron chi connectivity index (χ3n) is 3.90. The number of carbonyl (C=O) groups is 1. The van der Waals surface area contributed by atoms with Gasteiger partial charge in [0.15, 0.2) is 0 Å². The zero-order chi connectivity index (χ0) is 14.7. The van der Waals surface area contributed by atoms with Gasteiger partial charge in [-0.25, -0.2) is 8.78 Å². The van der Waals surface area contributed by atoms with Crippen LogP contribution < -0.4 is 5.73 Å². The molecule has 3 nitrogen and oxygen atoms in total. The minimum atomic E-state index is -0.541. The molecule has 0 spiro atoms. The lowest BCUT2D eigenvalue weighted by Crippen LogP contribution is -2.45. The van der Waals surface area contributed by atoms with Crippen molar-refractivity contribution in [3.05, 3.63) is 35.4 Å². The number of nitrogens with two attached hydrogens (primary N) is 1.